The molecule has 0 saturated carbocycles. The van der Waals surface area contributed by atoms with Crippen LogP contribution in [0.1, 0.15) is 68.7 Å². The number of fused-ring (bicyclic) bond motifs is 1. The van der Waals surface area contributed by atoms with Gasteiger partial charge in [-0.1, -0.05) is 44.5 Å². The summed E-state index contributed by atoms with van der Waals surface area (Å²) in [7, 11) is 0. The Labute approximate surface area is 194 Å². The Bertz CT molecular complexity index is 892. The predicted octanol–water partition coefficient (Wildman–Crippen LogP) is 6.85. The van der Waals surface area contributed by atoms with Crippen LogP contribution in [0.5, 0.6) is 0 Å². The topological polar surface area (TPSA) is 18.5 Å². The number of nitrogens with one attached hydrogen (secondary N) is 1. The predicted molar refractivity (Wildman–Crippen MR) is 139 cm³/mol. The van der Waals surface area contributed by atoms with Crippen molar-refractivity contribution in [3.05, 3.63) is 58.7 Å². The highest BCUT2D eigenvalue weighted by Crippen LogP contribution is 2.29. The van der Waals surface area contributed by atoms with E-state index in [9.17, 15) is 0 Å². The Morgan fingerprint density at radius 3 is 2.71 bits per heavy atom. The summed E-state index contributed by atoms with van der Waals surface area (Å²) in [6.45, 7) is 14.2. The third kappa shape index (κ3) is 6.00. The molecule has 0 aliphatic carbocycles. The van der Waals surface area contributed by atoms with Crippen LogP contribution >= 0.6 is 12.2 Å². The summed E-state index contributed by atoms with van der Waals surface area (Å²) in [5.41, 5.74) is 7.86. The monoisotopic (exact) mass is 437 g/mol. The van der Waals surface area contributed by atoms with Gasteiger partial charge in [0.1, 0.15) is 0 Å². The molecule has 0 fully saturated rings. The van der Waals surface area contributed by atoms with Gasteiger partial charge in [0.25, 0.3) is 0 Å². The fourth-order valence-electron chi connectivity index (χ4n) is 4.31. The Morgan fingerprint density at radius 1 is 1.16 bits per heavy atom. The maximum Gasteiger partial charge on any atom is 0.173 e. The van der Waals surface area contributed by atoms with Crippen molar-refractivity contribution < 1.29 is 0 Å². The van der Waals surface area contributed by atoms with Crippen molar-refractivity contribution >= 4 is 28.7 Å². The van der Waals surface area contributed by atoms with Gasteiger partial charge in [0.15, 0.2) is 5.11 Å². The van der Waals surface area contributed by atoms with Crippen molar-refractivity contribution in [3.63, 3.8) is 0 Å². The van der Waals surface area contributed by atoms with E-state index in [4.69, 9.17) is 12.2 Å². The highest BCUT2D eigenvalue weighted by molar-refractivity contribution is 7.80. The minimum atomic E-state index is 0.377. The number of anilines is 2. The van der Waals surface area contributed by atoms with Crippen LogP contribution in [0.3, 0.4) is 0 Å². The fourth-order valence-corrected chi connectivity index (χ4v) is 4.66. The number of rotatable bonds is 8. The van der Waals surface area contributed by atoms with Crippen molar-refractivity contribution in [1.29, 1.82) is 0 Å². The van der Waals surface area contributed by atoms with E-state index in [1.54, 1.807) is 0 Å². The molecular weight excluding hydrogens is 398 g/mol. The summed E-state index contributed by atoms with van der Waals surface area (Å²) in [6.07, 6.45) is 6.01. The third-order valence-corrected chi connectivity index (χ3v) is 6.85. The molecule has 1 aliphatic rings. The smallest absolute Gasteiger partial charge is 0.173 e. The van der Waals surface area contributed by atoms with Crippen LogP contribution in [0.4, 0.5) is 11.4 Å². The molecule has 0 amide bonds. The lowest BCUT2D eigenvalue weighted by Gasteiger charge is -2.34. The molecule has 1 unspecified atom stereocenters. The molecule has 2 aromatic carbocycles. The molecule has 168 valence electrons. The van der Waals surface area contributed by atoms with Gasteiger partial charge >= 0.3 is 0 Å². The minimum Gasteiger partial charge on any atom is -0.371 e. The third-order valence-electron chi connectivity index (χ3n) is 6.51. The van der Waals surface area contributed by atoms with Crippen LogP contribution in [0.15, 0.2) is 36.4 Å². The van der Waals surface area contributed by atoms with Gasteiger partial charge in [-0.15, -0.1) is 0 Å². The summed E-state index contributed by atoms with van der Waals surface area (Å²) in [6, 6.07) is 13.9. The molecule has 1 N–H and O–H groups in total. The minimum absolute atomic E-state index is 0.377. The fraction of sp³-hybridized carbons (Fsp3) is 0.519. The average molecular weight is 438 g/mol. The van der Waals surface area contributed by atoms with Crippen LogP contribution in [0.2, 0.25) is 0 Å². The molecule has 3 rings (SSSR count). The lowest BCUT2D eigenvalue weighted by Crippen LogP contribution is -2.40. The number of aryl methyl sites for hydroxylation is 3. The van der Waals surface area contributed by atoms with Crippen molar-refractivity contribution in [2.45, 2.75) is 79.3 Å². The Kier molecular flexibility index (Phi) is 8.36. The molecule has 0 saturated heterocycles. The maximum absolute atomic E-state index is 5.90. The van der Waals surface area contributed by atoms with Gasteiger partial charge in [-0.05, 0) is 93.1 Å². The zero-order valence-electron chi connectivity index (χ0n) is 20.0. The quantitative estimate of drug-likeness (QED) is 0.455. The van der Waals surface area contributed by atoms with Crippen LogP contribution in [0, 0.1) is 13.8 Å². The van der Waals surface area contributed by atoms with E-state index >= 15 is 0 Å². The molecule has 0 spiro atoms. The summed E-state index contributed by atoms with van der Waals surface area (Å²) in [5, 5.41) is 4.34. The van der Waals surface area contributed by atoms with E-state index in [-0.39, 0.29) is 0 Å². The summed E-state index contributed by atoms with van der Waals surface area (Å²) in [5.74, 6) is 0. The molecule has 0 radical (unpaired) electrons. The molecule has 0 aromatic heterocycles. The van der Waals surface area contributed by atoms with Crippen molar-refractivity contribution in [1.82, 2.24) is 4.90 Å². The van der Waals surface area contributed by atoms with E-state index in [0.717, 1.165) is 23.8 Å². The second kappa shape index (κ2) is 11.0. The zero-order valence-corrected chi connectivity index (χ0v) is 20.8. The van der Waals surface area contributed by atoms with Gasteiger partial charge in [-0.3, -0.25) is 0 Å². The average Bonchev–Trinajstić information content (AvgIpc) is 2.77. The van der Waals surface area contributed by atoms with E-state index in [1.165, 1.54) is 66.7 Å². The zero-order chi connectivity index (χ0) is 22.4. The molecule has 2 aromatic rings. The van der Waals surface area contributed by atoms with Crippen molar-refractivity contribution in [2.24, 2.45) is 0 Å². The molecule has 31 heavy (non-hydrogen) atoms. The second-order valence-electron chi connectivity index (χ2n) is 9.04. The van der Waals surface area contributed by atoms with Gasteiger partial charge in [0.05, 0.1) is 0 Å². The standard InChI is InChI=1S/C27H39N3S/c1-6-8-15-29-16-9-10-24-18-23(13-14-26(24)29)19-30(22(5)7-2)27(31)28-25-17-20(3)11-12-21(25)4/h11-14,17-18,22H,6-10,15-16,19H2,1-5H3,(H,28,31). The second-order valence-corrected chi connectivity index (χ2v) is 9.43. The van der Waals surface area contributed by atoms with Crippen molar-refractivity contribution in [2.75, 3.05) is 23.3 Å². The molecule has 0 bridgehead atoms. The van der Waals surface area contributed by atoms with Crippen LogP contribution < -0.4 is 10.2 Å². The lowest BCUT2D eigenvalue weighted by atomic mass is 9.98. The van der Waals surface area contributed by atoms with E-state index in [2.05, 4.69) is 86.1 Å². The molecule has 1 heterocycles. The van der Waals surface area contributed by atoms with E-state index in [1.807, 2.05) is 0 Å². The summed E-state index contributed by atoms with van der Waals surface area (Å²) in [4.78, 5) is 4.92. The SMILES string of the molecule is CCCCN1CCCc2cc(CN(C(=S)Nc3cc(C)ccc3C)C(C)CC)ccc21. The summed E-state index contributed by atoms with van der Waals surface area (Å²) < 4.78 is 0. The maximum atomic E-state index is 5.90. The molecule has 1 atom stereocenters. The van der Waals surface area contributed by atoms with Gasteiger partial charge in [0, 0.05) is 37.1 Å². The normalized spacial score (nSPS) is 14.2. The molecule has 1 aliphatic heterocycles. The Balaban J connectivity index is 1.78. The first-order valence-electron chi connectivity index (χ1n) is 11.9. The first-order valence-corrected chi connectivity index (χ1v) is 12.3. The Hall–Kier alpha value is -2.07. The van der Waals surface area contributed by atoms with E-state index in [0.29, 0.717) is 6.04 Å². The molecule has 4 heteroatoms. The van der Waals surface area contributed by atoms with Gasteiger partial charge < -0.3 is 15.1 Å². The van der Waals surface area contributed by atoms with Gasteiger partial charge in [-0.2, -0.15) is 0 Å². The van der Waals surface area contributed by atoms with Crippen molar-refractivity contribution in [3.8, 4) is 0 Å². The van der Waals surface area contributed by atoms with Crippen LogP contribution in [0.25, 0.3) is 0 Å². The Morgan fingerprint density at radius 2 is 1.97 bits per heavy atom. The number of hydrogen-bond acceptors (Lipinski definition) is 2. The largest absolute Gasteiger partial charge is 0.371 e. The number of nitrogens with zero attached hydrogens (tertiary/aromatic N) is 2. The van der Waals surface area contributed by atoms with Crippen LogP contribution in [-0.2, 0) is 13.0 Å². The van der Waals surface area contributed by atoms with Gasteiger partial charge in [-0.25, -0.2) is 0 Å². The summed E-state index contributed by atoms with van der Waals surface area (Å²) >= 11 is 5.90. The number of benzene rings is 2. The molecule has 3 nitrogen and oxygen atoms in total. The number of hydrogen-bond donors (Lipinski definition) is 1. The highest BCUT2D eigenvalue weighted by Gasteiger charge is 2.20. The number of unbranched alkanes of at least 4 members (excludes halogenated alkanes) is 1. The first kappa shape index (κ1) is 23.6. The van der Waals surface area contributed by atoms with Gasteiger partial charge in [0.2, 0.25) is 0 Å². The number of thiocarbonyl (C=S) groups is 1. The van der Waals surface area contributed by atoms with E-state index < -0.39 is 0 Å². The highest BCUT2D eigenvalue weighted by atomic mass is 32.1. The first-order chi connectivity index (χ1) is 14.9. The lowest BCUT2D eigenvalue weighted by molar-refractivity contribution is 0.319. The van der Waals surface area contributed by atoms with Crippen LogP contribution in [-0.4, -0.2) is 29.1 Å². The molecular formula is C27H39N3S.